The Labute approximate surface area is 149 Å². The zero-order valence-electron chi connectivity index (χ0n) is 14.9. The highest BCUT2D eigenvalue weighted by Gasteiger charge is 2.39. The lowest BCUT2D eigenvalue weighted by Gasteiger charge is -2.16. The van der Waals surface area contributed by atoms with Crippen molar-refractivity contribution in [3.05, 3.63) is 36.5 Å². The van der Waals surface area contributed by atoms with Crippen LogP contribution in [0.25, 0.3) is 0 Å². The molecule has 1 fully saturated rings. The van der Waals surface area contributed by atoms with Crippen molar-refractivity contribution in [2.45, 2.75) is 64.1 Å². The summed E-state index contributed by atoms with van der Waals surface area (Å²) >= 11 is 0. The molecule has 0 aromatic rings. The van der Waals surface area contributed by atoms with Gasteiger partial charge >= 0.3 is 5.97 Å². The number of allylic oxidation sites excluding steroid dienone is 3. The van der Waals surface area contributed by atoms with Crippen molar-refractivity contribution >= 4 is 11.8 Å². The largest absolute Gasteiger partial charge is 0.481 e. The monoisotopic (exact) mass is 350 g/mol. The first kappa shape index (κ1) is 21.3. The van der Waals surface area contributed by atoms with E-state index in [2.05, 4.69) is 0 Å². The maximum absolute atomic E-state index is 12.1. The molecule has 3 N–H and O–H groups in total. The van der Waals surface area contributed by atoms with Crippen molar-refractivity contribution in [3.8, 4) is 0 Å². The summed E-state index contributed by atoms with van der Waals surface area (Å²) < 4.78 is 0. The zero-order valence-corrected chi connectivity index (χ0v) is 14.9. The van der Waals surface area contributed by atoms with E-state index in [9.17, 15) is 19.8 Å². The van der Waals surface area contributed by atoms with Crippen molar-refractivity contribution in [2.24, 2.45) is 11.8 Å². The Balaban J connectivity index is 2.52. The zero-order chi connectivity index (χ0) is 18.7. The van der Waals surface area contributed by atoms with Gasteiger partial charge in [0.25, 0.3) is 0 Å². The summed E-state index contributed by atoms with van der Waals surface area (Å²) in [4.78, 5) is 22.5. The highest BCUT2D eigenvalue weighted by Crippen LogP contribution is 2.33. The first-order chi connectivity index (χ1) is 12.0. The maximum Gasteiger partial charge on any atom is 0.303 e. The number of aliphatic hydroxyl groups excluding tert-OH is 2. The molecule has 0 saturated heterocycles. The minimum atomic E-state index is -0.806. The number of hydrogen-bond acceptors (Lipinski definition) is 4. The molecule has 1 aliphatic rings. The van der Waals surface area contributed by atoms with E-state index in [4.69, 9.17) is 5.11 Å². The molecule has 0 aromatic heterocycles. The van der Waals surface area contributed by atoms with Crippen LogP contribution >= 0.6 is 0 Å². The summed E-state index contributed by atoms with van der Waals surface area (Å²) in [5, 5.41) is 28.6. The third-order valence-corrected chi connectivity index (χ3v) is 4.39. The van der Waals surface area contributed by atoms with Gasteiger partial charge < -0.3 is 15.3 Å². The molecule has 25 heavy (non-hydrogen) atoms. The Hall–Kier alpha value is -1.72. The van der Waals surface area contributed by atoms with Gasteiger partial charge in [0.05, 0.1) is 12.2 Å². The molecule has 140 valence electrons. The summed E-state index contributed by atoms with van der Waals surface area (Å²) in [5.41, 5.74) is 0. The highest BCUT2D eigenvalue weighted by atomic mass is 16.4. The molecule has 5 nitrogen and oxygen atoms in total. The Kier molecular flexibility index (Phi) is 10.0. The van der Waals surface area contributed by atoms with Gasteiger partial charge in [-0.2, -0.15) is 0 Å². The predicted octanol–water partition coefficient (Wildman–Crippen LogP) is 3.03. The number of Topliss-reactive ketones (excluding diaryl/α,β-unsaturated/α-hetero) is 1. The summed E-state index contributed by atoms with van der Waals surface area (Å²) in [6.45, 7) is 2.03. The van der Waals surface area contributed by atoms with Gasteiger partial charge in [-0.3, -0.25) is 9.59 Å². The average Bonchev–Trinajstić information content (AvgIpc) is 2.82. The topological polar surface area (TPSA) is 94.8 Å². The van der Waals surface area contributed by atoms with Crippen LogP contribution in [-0.4, -0.2) is 39.3 Å². The molecule has 0 amide bonds. The number of carboxylic acids is 1. The molecule has 4 atom stereocenters. The SMILES string of the molecule is CC/C=C\CC(O)/C=C/[C@H]1[C@H](O)CC(=O)[C@@H]1C/C=C\CCCC(=O)O. The molecule has 1 rings (SSSR count). The summed E-state index contributed by atoms with van der Waals surface area (Å²) in [5.74, 6) is -1.32. The minimum Gasteiger partial charge on any atom is -0.481 e. The second kappa shape index (κ2) is 11.8. The smallest absolute Gasteiger partial charge is 0.303 e. The first-order valence-corrected chi connectivity index (χ1v) is 9.04. The molecule has 5 heteroatoms. The van der Waals surface area contributed by atoms with Gasteiger partial charge in [0.2, 0.25) is 0 Å². The van der Waals surface area contributed by atoms with E-state index in [0.717, 1.165) is 6.42 Å². The van der Waals surface area contributed by atoms with Crippen LogP contribution < -0.4 is 0 Å². The van der Waals surface area contributed by atoms with E-state index < -0.39 is 18.2 Å². The van der Waals surface area contributed by atoms with E-state index in [1.807, 2.05) is 31.2 Å². The lowest BCUT2D eigenvalue weighted by molar-refractivity contribution is -0.137. The lowest BCUT2D eigenvalue weighted by atomic mass is 9.90. The average molecular weight is 350 g/mol. The Morgan fingerprint density at radius 3 is 2.72 bits per heavy atom. The standard InChI is InChI=1S/C20H30O5/c1-2-3-6-9-15(21)12-13-17-16(18(22)14-19(17)23)10-7-4-5-8-11-20(24)25/h3-4,6-7,12-13,15-17,19,21,23H,2,5,8-11,14H2,1H3,(H,24,25)/b6-3-,7-4-,13-12+/t15?,16-,17-,19-/m1/s1. The first-order valence-electron chi connectivity index (χ1n) is 9.04. The molecule has 1 unspecified atom stereocenters. The Morgan fingerprint density at radius 2 is 2.04 bits per heavy atom. The number of rotatable bonds is 11. The lowest BCUT2D eigenvalue weighted by Crippen LogP contribution is -2.18. The molecule has 0 radical (unpaired) electrons. The van der Waals surface area contributed by atoms with E-state index in [1.165, 1.54) is 0 Å². The predicted molar refractivity (Wildman–Crippen MR) is 97.0 cm³/mol. The number of carboxylic acid groups (broad SMARTS) is 1. The van der Waals surface area contributed by atoms with Crippen molar-refractivity contribution in [1.82, 2.24) is 0 Å². The molecule has 1 saturated carbocycles. The van der Waals surface area contributed by atoms with Gasteiger partial charge in [0, 0.05) is 24.7 Å². The third kappa shape index (κ3) is 8.27. The summed E-state index contributed by atoms with van der Waals surface area (Å²) in [6, 6.07) is 0. The minimum absolute atomic E-state index is 0.0395. The maximum atomic E-state index is 12.1. The number of unbranched alkanes of at least 4 members (excludes halogenated alkanes) is 1. The van der Waals surface area contributed by atoms with Crippen LogP contribution in [0.2, 0.25) is 0 Å². The fourth-order valence-electron chi connectivity index (χ4n) is 3.00. The molecule has 0 spiro atoms. The quantitative estimate of drug-likeness (QED) is 0.393. The number of ketones is 1. The Bertz CT molecular complexity index is 506. The number of aliphatic carboxylic acids is 1. The van der Waals surface area contributed by atoms with E-state index in [1.54, 1.807) is 12.2 Å². The van der Waals surface area contributed by atoms with Gasteiger partial charge in [0.1, 0.15) is 5.78 Å². The van der Waals surface area contributed by atoms with E-state index in [0.29, 0.717) is 25.7 Å². The molecule has 0 aliphatic heterocycles. The summed E-state index contributed by atoms with van der Waals surface area (Å²) in [6.07, 6.45) is 13.3. The van der Waals surface area contributed by atoms with Gasteiger partial charge in [-0.15, -0.1) is 0 Å². The fraction of sp³-hybridized carbons (Fsp3) is 0.600. The summed E-state index contributed by atoms with van der Waals surface area (Å²) in [7, 11) is 0. The van der Waals surface area contributed by atoms with Crippen molar-refractivity contribution < 1.29 is 24.9 Å². The number of carbonyl (C=O) groups excluding carboxylic acids is 1. The van der Waals surface area contributed by atoms with Gasteiger partial charge in [-0.1, -0.05) is 43.4 Å². The molecule has 0 aromatic carbocycles. The van der Waals surface area contributed by atoms with E-state index in [-0.39, 0.29) is 30.5 Å². The molecule has 0 heterocycles. The molecule has 0 bridgehead atoms. The van der Waals surface area contributed by atoms with Crippen molar-refractivity contribution in [1.29, 1.82) is 0 Å². The molecular formula is C20H30O5. The second-order valence-corrected chi connectivity index (χ2v) is 6.48. The molecular weight excluding hydrogens is 320 g/mol. The van der Waals surface area contributed by atoms with Crippen molar-refractivity contribution in [3.63, 3.8) is 0 Å². The third-order valence-electron chi connectivity index (χ3n) is 4.39. The van der Waals surface area contributed by atoms with Gasteiger partial charge in [-0.25, -0.2) is 0 Å². The van der Waals surface area contributed by atoms with Gasteiger partial charge in [-0.05, 0) is 32.1 Å². The van der Waals surface area contributed by atoms with E-state index >= 15 is 0 Å². The van der Waals surface area contributed by atoms with Crippen molar-refractivity contribution in [2.75, 3.05) is 0 Å². The van der Waals surface area contributed by atoms with Crippen LogP contribution in [0.1, 0.15) is 51.9 Å². The fourth-order valence-corrected chi connectivity index (χ4v) is 3.00. The second-order valence-electron chi connectivity index (χ2n) is 6.48. The van der Waals surface area contributed by atoms with Crippen LogP contribution in [0.3, 0.4) is 0 Å². The van der Waals surface area contributed by atoms with Crippen LogP contribution in [0.15, 0.2) is 36.5 Å². The van der Waals surface area contributed by atoms with Crippen LogP contribution in [-0.2, 0) is 9.59 Å². The number of hydrogen-bond donors (Lipinski definition) is 3. The highest BCUT2D eigenvalue weighted by molar-refractivity contribution is 5.84. The van der Waals surface area contributed by atoms with Crippen LogP contribution in [0.5, 0.6) is 0 Å². The molecule has 1 aliphatic carbocycles. The number of carbonyl (C=O) groups is 2. The Morgan fingerprint density at radius 1 is 1.28 bits per heavy atom. The normalized spacial score (nSPS) is 25.6. The van der Waals surface area contributed by atoms with Crippen LogP contribution in [0, 0.1) is 11.8 Å². The number of aliphatic hydroxyl groups is 2. The van der Waals surface area contributed by atoms with Crippen LogP contribution in [0.4, 0.5) is 0 Å². The van der Waals surface area contributed by atoms with Gasteiger partial charge in [0.15, 0.2) is 0 Å².